The number of carbonyl (C=O) groups is 1. The molecule has 2 heterocycles. The Kier molecular flexibility index (Phi) is 2.57. The number of rotatable bonds is 2. The van der Waals surface area contributed by atoms with Crippen LogP contribution in [0.1, 0.15) is 6.92 Å². The van der Waals surface area contributed by atoms with Gasteiger partial charge in [-0.2, -0.15) is 0 Å². The average molecular weight is 266 g/mol. The van der Waals surface area contributed by atoms with Crippen LogP contribution in [-0.2, 0) is 4.79 Å². The topological polar surface area (TPSA) is 80.7 Å². The molecule has 0 radical (unpaired) electrons. The molecule has 18 heavy (non-hydrogen) atoms. The molecule has 1 aromatic carbocycles. The molecule has 1 aromatic heterocycles. The molecular formula is C11H10N2O4S. The zero-order valence-electron chi connectivity index (χ0n) is 9.47. The Balaban J connectivity index is 1.94. The number of thiazole rings is 1. The summed E-state index contributed by atoms with van der Waals surface area (Å²) in [5.41, 5.74) is 0.727. The van der Waals surface area contributed by atoms with E-state index in [1.165, 1.54) is 18.3 Å². The Labute approximate surface area is 106 Å². The van der Waals surface area contributed by atoms with Crippen LogP contribution >= 0.6 is 11.3 Å². The predicted octanol–water partition coefficient (Wildman–Crippen LogP) is 1.34. The molecule has 1 aliphatic heterocycles. The highest BCUT2D eigenvalue weighted by Crippen LogP contribution is 2.38. The molecule has 1 atom stereocenters. The van der Waals surface area contributed by atoms with Crippen molar-refractivity contribution in [2.45, 2.75) is 13.0 Å². The van der Waals surface area contributed by atoms with Gasteiger partial charge in [-0.25, -0.2) is 4.98 Å². The van der Waals surface area contributed by atoms with E-state index < -0.39 is 12.0 Å². The number of aliphatic hydroxyl groups is 1. The number of amides is 1. The molecule has 0 saturated heterocycles. The predicted molar refractivity (Wildman–Crippen MR) is 66.1 cm³/mol. The molecule has 0 bridgehead atoms. The molecule has 94 valence electrons. The first-order valence-electron chi connectivity index (χ1n) is 5.32. The van der Waals surface area contributed by atoms with E-state index in [2.05, 4.69) is 10.3 Å². The quantitative estimate of drug-likeness (QED) is 0.857. The smallest absolute Gasteiger partial charge is 0.254 e. The van der Waals surface area contributed by atoms with E-state index in [9.17, 15) is 4.79 Å². The zero-order chi connectivity index (χ0) is 12.7. The van der Waals surface area contributed by atoms with Crippen molar-refractivity contribution in [3.05, 3.63) is 12.1 Å². The second-order valence-corrected chi connectivity index (χ2v) is 4.89. The number of fused-ring (bicyclic) bond motifs is 2. The summed E-state index contributed by atoms with van der Waals surface area (Å²) in [5.74, 6) is 0.856. The van der Waals surface area contributed by atoms with Gasteiger partial charge >= 0.3 is 0 Å². The van der Waals surface area contributed by atoms with Crippen molar-refractivity contribution in [3.8, 4) is 11.5 Å². The van der Waals surface area contributed by atoms with Gasteiger partial charge in [-0.3, -0.25) is 10.1 Å². The largest absolute Gasteiger partial charge is 0.454 e. The van der Waals surface area contributed by atoms with Gasteiger partial charge in [0.15, 0.2) is 16.6 Å². The summed E-state index contributed by atoms with van der Waals surface area (Å²) in [7, 11) is 0. The lowest BCUT2D eigenvalue weighted by Gasteiger charge is -2.02. The molecule has 0 spiro atoms. The van der Waals surface area contributed by atoms with Crippen LogP contribution in [0.25, 0.3) is 10.2 Å². The number of aromatic nitrogens is 1. The monoisotopic (exact) mass is 266 g/mol. The molecule has 2 aromatic rings. The van der Waals surface area contributed by atoms with Crippen molar-refractivity contribution in [3.63, 3.8) is 0 Å². The molecule has 0 unspecified atom stereocenters. The Hall–Kier alpha value is -1.86. The highest BCUT2D eigenvalue weighted by Gasteiger charge is 2.17. The van der Waals surface area contributed by atoms with E-state index in [0.29, 0.717) is 16.6 Å². The summed E-state index contributed by atoms with van der Waals surface area (Å²) in [6.45, 7) is 1.62. The Morgan fingerprint density at radius 2 is 2.22 bits per heavy atom. The van der Waals surface area contributed by atoms with E-state index in [1.807, 2.05) is 6.07 Å². The summed E-state index contributed by atoms with van der Waals surface area (Å²) in [4.78, 5) is 15.6. The van der Waals surface area contributed by atoms with Gasteiger partial charge in [-0.15, -0.1) is 0 Å². The summed E-state index contributed by atoms with van der Waals surface area (Å²) in [6.07, 6.45) is -1.06. The van der Waals surface area contributed by atoms with Crippen molar-refractivity contribution >= 4 is 32.6 Å². The number of nitrogens with zero attached hydrogens (tertiary/aromatic N) is 1. The van der Waals surface area contributed by atoms with E-state index >= 15 is 0 Å². The van der Waals surface area contributed by atoms with E-state index in [4.69, 9.17) is 14.6 Å². The maximum absolute atomic E-state index is 11.3. The van der Waals surface area contributed by atoms with Gasteiger partial charge in [0, 0.05) is 12.1 Å². The summed E-state index contributed by atoms with van der Waals surface area (Å²) in [5, 5.41) is 12.1. The average Bonchev–Trinajstić information content (AvgIpc) is 2.89. The number of hydrogen-bond acceptors (Lipinski definition) is 6. The van der Waals surface area contributed by atoms with Gasteiger partial charge in [0.25, 0.3) is 5.91 Å². The van der Waals surface area contributed by atoms with Crippen molar-refractivity contribution < 1.29 is 19.4 Å². The van der Waals surface area contributed by atoms with Crippen LogP contribution in [0.15, 0.2) is 12.1 Å². The zero-order valence-corrected chi connectivity index (χ0v) is 10.3. The second-order valence-electron chi connectivity index (χ2n) is 3.86. The van der Waals surface area contributed by atoms with E-state index in [1.54, 1.807) is 6.07 Å². The molecule has 3 rings (SSSR count). The van der Waals surface area contributed by atoms with Crippen molar-refractivity contribution in [1.29, 1.82) is 0 Å². The van der Waals surface area contributed by atoms with Crippen LogP contribution in [0, 0.1) is 0 Å². The summed E-state index contributed by atoms with van der Waals surface area (Å²) < 4.78 is 11.4. The maximum Gasteiger partial charge on any atom is 0.254 e. The van der Waals surface area contributed by atoms with Crippen molar-refractivity contribution in [1.82, 2.24) is 4.98 Å². The van der Waals surface area contributed by atoms with Gasteiger partial charge in [0.05, 0.1) is 10.2 Å². The van der Waals surface area contributed by atoms with E-state index in [-0.39, 0.29) is 6.79 Å². The molecule has 7 heteroatoms. The Bertz CT molecular complexity index is 582. The van der Waals surface area contributed by atoms with Crippen molar-refractivity contribution in [2.75, 3.05) is 12.1 Å². The third-order valence-electron chi connectivity index (χ3n) is 2.49. The molecule has 0 fully saturated rings. The third kappa shape index (κ3) is 1.87. The van der Waals surface area contributed by atoms with Gasteiger partial charge in [0.1, 0.15) is 6.10 Å². The lowest BCUT2D eigenvalue weighted by atomic mass is 10.3. The fraction of sp³-hybridized carbons (Fsp3) is 0.273. The molecule has 0 aliphatic carbocycles. The van der Waals surface area contributed by atoms with Crippen LogP contribution < -0.4 is 14.8 Å². The van der Waals surface area contributed by atoms with Crippen LogP contribution in [-0.4, -0.2) is 28.9 Å². The van der Waals surface area contributed by atoms with Crippen LogP contribution in [0.4, 0.5) is 5.13 Å². The lowest BCUT2D eigenvalue weighted by molar-refractivity contribution is -0.123. The minimum absolute atomic E-state index is 0.220. The number of hydrogen-bond donors (Lipinski definition) is 2. The second kappa shape index (κ2) is 4.11. The summed E-state index contributed by atoms with van der Waals surface area (Å²) >= 11 is 1.32. The number of ether oxygens (including phenoxy) is 2. The van der Waals surface area contributed by atoms with E-state index in [0.717, 1.165) is 10.2 Å². The first kappa shape index (κ1) is 11.2. The number of anilines is 1. The normalized spacial score (nSPS) is 14.8. The third-order valence-corrected chi connectivity index (χ3v) is 3.43. The number of benzene rings is 1. The number of carbonyl (C=O) groups excluding carboxylic acids is 1. The fourth-order valence-corrected chi connectivity index (χ4v) is 2.46. The van der Waals surface area contributed by atoms with Crippen LogP contribution in [0.3, 0.4) is 0 Å². The number of nitrogens with one attached hydrogen (secondary N) is 1. The van der Waals surface area contributed by atoms with Gasteiger partial charge in [-0.1, -0.05) is 11.3 Å². The van der Waals surface area contributed by atoms with Gasteiger partial charge in [0.2, 0.25) is 6.79 Å². The number of aliphatic hydroxyl groups excluding tert-OH is 1. The summed E-state index contributed by atoms with van der Waals surface area (Å²) in [6, 6.07) is 3.60. The van der Waals surface area contributed by atoms with Gasteiger partial charge in [-0.05, 0) is 6.92 Å². The van der Waals surface area contributed by atoms with Gasteiger partial charge < -0.3 is 14.6 Å². The SMILES string of the molecule is C[C@@H](O)C(=O)Nc1nc2cc3c(cc2s1)OCO3. The lowest BCUT2D eigenvalue weighted by Crippen LogP contribution is -2.24. The fourth-order valence-electron chi connectivity index (χ4n) is 1.58. The molecule has 6 nitrogen and oxygen atoms in total. The Morgan fingerprint density at radius 3 is 2.94 bits per heavy atom. The first-order valence-corrected chi connectivity index (χ1v) is 6.14. The molecule has 0 saturated carbocycles. The molecule has 1 amide bonds. The minimum atomic E-state index is -1.06. The van der Waals surface area contributed by atoms with Crippen LogP contribution in [0.2, 0.25) is 0 Å². The molecular weight excluding hydrogens is 256 g/mol. The maximum atomic E-state index is 11.3. The molecule has 2 N–H and O–H groups in total. The first-order chi connectivity index (χ1) is 8.63. The Morgan fingerprint density at radius 1 is 1.50 bits per heavy atom. The highest BCUT2D eigenvalue weighted by atomic mass is 32.1. The highest BCUT2D eigenvalue weighted by molar-refractivity contribution is 7.22. The minimum Gasteiger partial charge on any atom is -0.454 e. The van der Waals surface area contributed by atoms with Crippen LogP contribution in [0.5, 0.6) is 11.5 Å². The standard InChI is InChI=1S/C11H10N2O4S/c1-5(14)10(15)13-11-12-6-2-7-8(17-4-16-7)3-9(6)18-11/h2-3,5,14H,4H2,1H3,(H,12,13,15)/t5-/m1/s1. The molecule has 1 aliphatic rings. The van der Waals surface area contributed by atoms with Crippen molar-refractivity contribution in [2.24, 2.45) is 0 Å².